The standard InChI is InChI=1S/C29H28N2O3S/c1-4-18-13-14-21-25(15-18)35-28(26(21)29(33)34-3)31-27(32)22-16-24(19-10-6-5-9-17(19)2)30-23-12-8-7-11-20(22)23/h5-12,16,18H,4,13-15H2,1-3H3,(H,31,32)/t18-/m1/s1. The van der Waals surface area contributed by atoms with Gasteiger partial charge in [-0.1, -0.05) is 55.8 Å². The molecule has 0 aliphatic heterocycles. The topological polar surface area (TPSA) is 68.3 Å². The predicted molar refractivity (Wildman–Crippen MR) is 141 cm³/mol. The van der Waals surface area contributed by atoms with Gasteiger partial charge in [0, 0.05) is 15.8 Å². The van der Waals surface area contributed by atoms with Crippen molar-refractivity contribution in [2.24, 2.45) is 5.92 Å². The second-order valence-corrected chi connectivity index (χ2v) is 10.2. The van der Waals surface area contributed by atoms with E-state index in [2.05, 4.69) is 12.2 Å². The van der Waals surface area contributed by atoms with Crippen LogP contribution in [0.4, 0.5) is 5.00 Å². The molecule has 1 aliphatic carbocycles. The van der Waals surface area contributed by atoms with E-state index in [4.69, 9.17) is 9.72 Å². The van der Waals surface area contributed by atoms with Gasteiger partial charge < -0.3 is 10.1 Å². The van der Waals surface area contributed by atoms with Crippen molar-refractivity contribution in [2.45, 2.75) is 39.5 Å². The monoisotopic (exact) mass is 484 g/mol. The largest absolute Gasteiger partial charge is 0.465 e. The molecule has 2 heterocycles. The molecular formula is C29H28N2O3S. The summed E-state index contributed by atoms with van der Waals surface area (Å²) in [5.41, 5.74) is 5.64. The number of hydrogen-bond donors (Lipinski definition) is 1. The van der Waals surface area contributed by atoms with E-state index >= 15 is 0 Å². The van der Waals surface area contributed by atoms with Gasteiger partial charge in [0.05, 0.1) is 29.4 Å². The first-order valence-electron chi connectivity index (χ1n) is 12.0. The van der Waals surface area contributed by atoms with E-state index in [9.17, 15) is 9.59 Å². The highest BCUT2D eigenvalue weighted by Gasteiger charge is 2.30. The second-order valence-electron chi connectivity index (χ2n) is 9.06. The van der Waals surface area contributed by atoms with Crippen molar-refractivity contribution in [2.75, 3.05) is 12.4 Å². The summed E-state index contributed by atoms with van der Waals surface area (Å²) in [5, 5.41) is 4.41. The number of amides is 1. The Hall–Kier alpha value is -3.51. The number of anilines is 1. The quantitative estimate of drug-likeness (QED) is 0.315. The van der Waals surface area contributed by atoms with Gasteiger partial charge in [-0.25, -0.2) is 9.78 Å². The van der Waals surface area contributed by atoms with Crippen LogP contribution < -0.4 is 5.32 Å². The number of ether oxygens (including phenoxy) is 1. The van der Waals surface area contributed by atoms with Gasteiger partial charge in [0.1, 0.15) is 5.00 Å². The fraction of sp³-hybridized carbons (Fsp3) is 0.276. The van der Waals surface area contributed by atoms with Crippen molar-refractivity contribution in [3.8, 4) is 11.3 Å². The van der Waals surface area contributed by atoms with E-state index in [1.54, 1.807) is 0 Å². The molecule has 2 aromatic carbocycles. The summed E-state index contributed by atoms with van der Waals surface area (Å²) in [5.74, 6) is -0.0434. The van der Waals surface area contributed by atoms with Crippen molar-refractivity contribution < 1.29 is 14.3 Å². The molecular weight excluding hydrogens is 456 g/mol. The zero-order chi connectivity index (χ0) is 24.5. The summed E-state index contributed by atoms with van der Waals surface area (Å²) in [6.07, 6.45) is 3.93. The lowest BCUT2D eigenvalue weighted by molar-refractivity contribution is 0.0601. The molecule has 35 heavy (non-hydrogen) atoms. The highest BCUT2D eigenvalue weighted by molar-refractivity contribution is 7.17. The number of fused-ring (bicyclic) bond motifs is 2. The highest BCUT2D eigenvalue weighted by Crippen LogP contribution is 2.41. The third-order valence-electron chi connectivity index (χ3n) is 6.94. The number of benzene rings is 2. The van der Waals surface area contributed by atoms with Crippen LogP contribution in [0, 0.1) is 12.8 Å². The molecule has 2 aromatic heterocycles. The zero-order valence-corrected chi connectivity index (χ0v) is 21.0. The molecule has 0 spiro atoms. The Morgan fingerprint density at radius 1 is 1.14 bits per heavy atom. The number of pyridine rings is 1. The SMILES string of the molecule is CC[C@@H]1CCc2c(sc(NC(=O)c3cc(-c4ccccc4C)nc4ccccc34)c2C(=O)OC)C1. The number of hydrogen-bond acceptors (Lipinski definition) is 5. The van der Waals surface area contributed by atoms with Crippen LogP contribution in [0.3, 0.4) is 0 Å². The summed E-state index contributed by atoms with van der Waals surface area (Å²) in [6, 6.07) is 17.5. The Balaban J connectivity index is 1.59. The predicted octanol–water partition coefficient (Wildman–Crippen LogP) is 6.83. The number of carbonyl (C=O) groups is 2. The number of carbonyl (C=O) groups excluding carboxylic acids is 2. The van der Waals surface area contributed by atoms with Crippen LogP contribution in [0.2, 0.25) is 0 Å². The van der Waals surface area contributed by atoms with Crippen molar-refractivity contribution in [3.05, 3.63) is 81.7 Å². The van der Waals surface area contributed by atoms with E-state index < -0.39 is 5.97 Å². The third-order valence-corrected chi connectivity index (χ3v) is 8.11. The number of esters is 1. The van der Waals surface area contributed by atoms with E-state index in [0.29, 0.717) is 22.0 Å². The molecule has 0 saturated heterocycles. The molecule has 1 amide bonds. The number of methoxy groups -OCH3 is 1. The van der Waals surface area contributed by atoms with Crippen LogP contribution in [0.5, 0.6) is 0 Å². The van der Waals surface area contributed by atoms with Crippen LogP contribution in [0.25, 0.3) is 22.2 Å². The summed E-state index contributed by atoms with van der Waals surface area (Å²) in [6.45, 7) is 4.24. The molecule has 0 fully saturated rings. The van der Waals surface area contributed by atoms with Gasteiger partial charge in [0.2, 0.25) is 0 Å². The molecule has 1 aliphatic rings. The summed E-state index contributed by atoms with van der Waals surface area (Å²) in [4.78, 5) is 32.5. The van der Waals surface area contributed by atoms with E-state index in [1.165, 1.54) is 23.3 Å². The van der Waals surface area contributed by atoms with Gasteiger partial charge in [0.25, 0.3) is 5.91 Å². The van der Waals surface area contributed by atoms with Crippen LogP contribution in [0.15, 0.2) is 54.6 Å². The van der Waals surface area contributed by atoms with Crippen molar-refractivity contribution in [1.82, 2.24) is 4.98 Å². The average Bonchev–Trinajstić information content (AvgIpc) is 3.24. The maximum Gasteiger partial charge on any atom is 0.341 e. The first-order chi connectivity index (χ1) is 17.0. The molecule has 1 N–H and O–H groups in total. The van der Waals surface area contributed by atoms with E-state index in [1.807, 2.05) is 61.5 Å². The Morgan fingerprint density at radius 2 is 1.91 bits per heavy atom. The first kappa shape index (κ1) is 23.2. The molecule has 4 aromatic rings. The number of para-hydroxylation sites is 1. The van der Waals surface area contributed by atoms with Gasteiger partial charge >= 0.3 is 5.97 Å². The summed E-state index contributed by atoms with van der Waals surface area (Å²) in [7, 11) is 1.39. The normalized spacial score (nSPS) is 15.0. The van der Waals surface area contributed by atoms with E-state index in [0.717, 1.165) is 59.0 Å². The lowest BCUT2D eigenvalue weighted by Crippen LogP contribution is -2.17. The van der Waals surface area contributed by atoms with Gasteiger partial charge in [-0.05, 0) is 55.4 Å². The number of nitrogens with one attached hydrogen (secondary N) is 1. The fourth-order valence-electron chi connectivity index (χ4n) is 4.94. The Labute approximate surface area is 209 Å². The zero-order valence-electron chi connectivity index (χ0n) is 20.2. The van der Waals surface area contributed by atoms with Crippen LogP contribution in [-0.4, -0.2) is 24.0 Å². The maximum atomic E-state index is 13.7. The molecule has 0 bridgehead atoms. The Morgan fingerprint density at radius 3 is 2.69 bits per heavy atom. The van der Waals surface area contributed by atoms with Gasteiger partial charge in [-0.15, -0.1) is 11.3 Å². The van der Waals surface area contributed by atoms with Crippen molar-refractivity contribution in [1.29, 1.82) is 0 Å². The smallest absolute Gasteiger partial charge is 0.341 e. The molecule has 5 nitrogen and oxygen atoms in total. The fourth-order valence-corrected chi connectivity index (χ4v) is 6.29. The van der Waals surface area contributed by atoms with Crippen LogP contribution in [-0.2, 0) is 17.6 Å². The number of nitrogens with zero attached hydrogens (tertiary/aromatic N) is 1. The lowest BCUT2D eigenvalue weighted by Gasteiger charge is -2.20. The van der Waals surface area contributed by atoms with Gasteiger partial charge in [-0.3, -0.25) is 4.79 Å². The molecule has 1 atom stereocenters. The molecule has 0 radical (unpaired) electrons. The molecule has 6 heteroatoms. The second kappa shape index (κ2) is 9.62. The molecule has 0 saturated carbocycles. The minimum Gasteiger partial charge on any atom is -0.465 e. The van der Waals surface area contributed by atoms with Gasteiger partial charge in [0.15, 0.2) is 0 Å². The lowest BCUT2D eigenvalue weighted by atomic mass is 9.85. The minimum absolute atomic E-state index is 0.255. The van der Waals surface area contributed by atoms with E-state index in [-0.39, 0.29) is 5.91 Å². The first-order valence-corrected chi connectivity index (χ1v) is 12.8. The molecule has 178 valence electrons. The average molecular weight is 485 g/mol. The summed E-state index contributed by atoms with van der Waals surface area (Å²) >= 11 is 1.51. The number of thiophene rings is 1. The summed E-state index contributed by atoms with van der Waals surface area (Å²) < 4.78 is 5.11. The van der Waals surface area contributed by atoms with Crippen molar-refractivity contribution >= 4 is 39.1 Å². The Bertz CT molecular complexity index is 1440. The third kappa shape index (κ3) is 4.34. The molecule has 0 unspecified atom stereocenters. The number of rotatable bonds is 5. The van der Waals surface area contributed by atoms with Crippen LogP contribution >= 0.6 is 11.3 Å². The van der Waals surface area contributed by atoms with Gasteiger partial charge in [-0.2, -0.15) is 0 Å². The Kier molecular flexibility index (Phi) is 6.39. The number of aromatic nitrogens is 1. The van der Waals surface area contributed by atoms with Crippen molar-refractivity contribution in [3.63, 3.8) is 0 Å². The molecule has 5 rings (SSSR count). The minimum atomic E-state index is -0.395. The highest BCUT2D eigenvalue weighted by atomic mass is 32.1. The number of aryl methyl sites for hydroxylation is 1. The maximum absolute atomic E-state index is 13.7. The van der Waals surface area contributed by atoms with Crippen LogP contribution in [0.1, 0.15) is 56.5 Å².